The second-order valence-electron chi connectivity index (χ2n) is 4.38. The average molecular weight is 414 g/mol. The van der Waals surface area contributed by atoms with Crippen molar-refractivity contribution >= 4 is 70.0 Å². The van der Waals surface area contributed by atoms with Gasteiger partial charge in [-0.1, -0.05) is 76.4 Å². The van der Waals surface area contributed by atoms with Crippen molar-refractivity contribution in [3.05, 3.63) is 34.9 Å². The summed E-state index contributed by atoms with van der Waals surface area (Å²) in [6.07, 6.45) is 0. The fourth-order valence-electron chi connectivity index (χ4n) is 1.70. The molecule has 2 rings (SSSR count). The molecule has 0 atom stereocenters. The Bertz CT molecular complexity index is 702. The number of hydrogen-bond donors (Lipinski definition) is 1. The molecule has 0 unspecified atom stereocenters. The highest BCUT2D eigenvalue weighted by Crippen LogP contribution is 2.29. The van der Waals surface area contributed by atoms with Gasteiger partial charge in [-0.15, -0.1) is 10.2 Å². The molecule has 1 aromatic heterocycles. The summed E-state index contributed by atoms with van der Waals surface area (Å²) in [7, 11) is 0. The van der Waals surface area contributed by atoms with Gasteiger partial charge in [-0.2, -0.15) is 0 Å². The largest absolute Gasteiger partial charge is 0.291 e. The molecule has 1 amide bonds. The zero-order chi connectivity index (χ0) is 17.0. The van der Waals surface area contributed by atoms with E-state index in [9.17, 15) is 4.79 Å². The van der Waals surface area contributed by atoms with Gasteiger partial charge in [0.1, 0.15) is 0 Å². The van der Waals surface area contributed by atoms with Crippen LogP contribution in [-0.4, -0.2) is 24.5 Å². The van der Waals surface area contributed by atoms with E-state index in [0.717, 1.165) is 5.56 Å². The second-order valence-corrected chi connectivity index (χ2v) is 8.01. The predicted octanol–water partition coefficient (Wildman–Crippen LogP) is 4.55. The number of nitrogens with zero attached hydrogens (tertiary/aromatic N) is 3. The molecule has 0 fully saturated rings. The number of benzene rings is 1. The monoisotopic (exact) mass is 412 g/mol. The Labute approximate surface area is 157 Å². The number of halogens is 4. The van der Waals surface area contributed by atoms with Crippen molar-refractivity contribution < 1.29 is 4.79 Å². The summed E-state index contributed by atoms with van der Waals surface area (Å²) in [5, 5.41) is 11.7. The van der Waals surface area contributed by atoms with Gasteiger partial charge in [-0.3, -0.25) is 14.7 Å². The first-order valence-corrected chi connectivity index (χ1v) is 9.00. The first kappa shape index (κ1) is 18.7. The number of hydrogen-bond acceptors (Lipinski definition) is 4. The lowest BCUT2D eigenvalue weighted by Crippen LogP contribution is -2.28. The molecule has 23 heavy (non-hydrogen) atoms. The summed E-state index contributed by atoms with van der Waals surface area (Å²) in [5.74, 6) is 0.0636. The molecule has 124 valence electrons. The molecule has 1 aromatic carbocycles. The summed E-state index contributed by atoms with van der Waals surface area (Å²) >= 11 is 24.2. The summed E-state index contributed by atoms with van der Waals surface area (Å²) in [6.45, 7) is 2.45. The Kier molecular flexibility index (Phi) is 6.45. The van der Waals surface area contributed by atoms with Crippen LogP contribution in [0.2, 0.25) is 5.02 Å². The van der Waals surface area contributed by atoms with Gasteiger partial charge in [0.2, 0.25) is 5.95 Å². The lowest BCUT2D eigenvalue weighted by molar-refractivity contribution is -0.115. The molecule has 0 saturated heterocycles. The molecule has 1 N–H and O–H groups in total. The fraction of sp³-hybridized carbons (Fsp3) is 0.308. The first-order chi connectivity index (χ1) is 10.8. The SMILES string of the molecule is CCn1c(NC(=O)C(Cl)(Cl)Cl)nnc1SCc1ccccc1Cl. The van der Waals surface area contributed by atoms with Gasteiger partial charge in [0.25, 0.3) is 9.70 Å². The minimum absolute atomic E-state index is 0.227. The molecule has 1 heterocycles. The van der Waals surface area contributed by atoms with Crippen LogP contribution in [-0.2, 0) is 17.1 Å². The Morgan fingerprint density at radius 2 is 2.00 bits per heavy atom. The van der Waals surface area contributed by atoms with E-state index < -0.39 is 9.70 Å². The lowest BCUT2D eigenvalue weighted by atomic mass is 10.2. The van der Waals surface area contributed by atoms with E-state index in [-0.39, 0.29) is 5.95 Å². The van der Waals surface area contributed by atoms with Crippen molar-refractivity contribution in [2.24, 2.45) is 0 Å². The molecule has 2 aromatic rings. The first-order valence-electron chi connectivity index (χ1n) is 6.50. The number of amides is 1. The molecule has 0 radical (unpaired) electrons. The summed E-state index contributed by atoms with van der Waals surface area (Å²) in [6, 6.07) is 7.55. The third-order valence-electron chi connectivity index (χ3n) is 2.83. The van der Waals surface area contributed by atoms with Gasteiger partial charge in [-0.25, -0.2) is 0 Å². The fourth-order valence-corrected chi connectivity index (χ4v) is 3.13. The van der Waals surface area contributed by atoms with Gasteiger partial charge >= 0.3 is 0 Å². The molecule has 10 heteroatoms. The average Bonchev–Trinajstić information content (AvgIpc) is 2.87. The molecule has 0 bridgehead atoms. The highest BCUT2D eigenvalue weighted by atomic mass is 35.6. The molecule has 0 spiro atoms. The van der Waals surface area contributed by atoms with Crippen LogP contribution in [0.5, 0.6) is 0 Å². The number of carbonyl (C=O) groups excluding carboxylic acids is 1. The third kappa shape index (κ3) is 4.90. The third-order valence-corrected chi connectivity index (χ3v) is 4.73. The minimum Gasteiger partial charge on any atom is -0.291 e. The van der Waals surface area contributed by atoms with Crippen molar-refractivity contribution in [3.63, 3.8) is 0 Å². The number of aromatic nitrogens is 3. The van der Waals surface area contributed by atoms with Gasteiger partial charge in [0.15, 0.2) is 5.16 Å². The topological polar surface area (TPSA) is 59.8 Å². The highest BCUT2D eigenvalue weighted by Gasteiger charge is 2.32. The van der Waals surface area contributed by atoms with Crippen molar-refractivity contribution in [2.45, 2.75) is 28.2 Å². The van der Waals surface area contributed by atoms with E-state index >= 15 is 0 Å². The minimum atomic E-state index is -2.06. The number of rotatable bonds is 5. The van der Waals surface area contributed by atoms with Crippen LogP contribution in [0, 0.1) is 0 Å². The van der Waals surface area contributed by atoms with Crippen LogP contribution in [0.25, 0.3) is 0 Å². The van der Waals surface area contributed by atoms with E-state index in [4.69, 9.17) is 46.4 Å². The van der Waals surface area contributed by atoms with E-state index in [1.165, 1.54) is 11.8 Å². The van der Waals surface area contributed by atoms with E-state index in [2.05, 4.69) is 15.5 Å². The Hall–Kier alpha value is -0.660. The van der Waals surface area contributed by atoms with Crippen LogP contribution >= 0.6 is 58.2 Å². The van der Waals surface area contributed by atoms with Gasteiger partial charge in [0.05, 0.1) is 0 Å². The number of carbonyl (C=O) groups is 1. The highest BCUT2D eigenvalue weighted by molar-refractivity contribution is 7.98. The van der Waals surface area contributed by atoms with Crippen LogP contribution in [0.3, 0.4) is 0 Å². The van der Waals surface area contributed by atoms with Crippen LogP contribution in [0.1, 0.15) is 12.5 Å². The van der Waals surface area contributed by atoms with Crippen LogP contribution < -0.4 is 5.32 Å². The Balaban J connectivity index is 2.12. The van der Waals surface area contributed by atoms with E-state index in [0.29, 0.717) is 22.5 Å². The summed E-state index contributed by atoms with van der Waals surface area (Å²) in [5.41, 5.74) is 0.983. The molecular formula is C13H12Cl4N4OS. The van der Waals surface area contributed by atoms with Crippen LogP contribution in [0.15, 0.2) is 29.4 Å². The molecule has 0 aliphatic heterocycles. The molecule has 0 aliphatic carbocycles. The van der Waals surface area contributed by atoms with E-state index in [1.807, 2.05) is 31.2 Å². The second kappa shape index (κ2) is 7.94. The molecule has 0 saturated carbocycles. The van der Waals surface area contributed by atoms with Crippen molar-refractivity contribution in [1.82, 2.24) is 14.8 Å². The summed E-state index contributed by atoms with van der Waals surface area (Å²) in [4.78, 5) is 11.7. The maximum Gasteiger partial charge on any atom is 0.278 e. The number of thioether (sulfide) groups is 1. The smallest absolute Gasteiger partial charge is 0.278 e. The van der Waals surface area contributed by atoms with Crippen molar-refractivity contribution in [2.75, 3.05) is 5.32 Å². The van der Waals surface area contributed by atoms with Crippen molar-refractivity contribution in [3.8, 4) is 0 Å². The zero-order valence-corrected chi connectivity index (χ0v) is 15.7. The number of anilines is 1. The quantitative estimate of drug-likeness (QED) is 0.576. The lowest BCUT2D eigenvalue weighted by Gasteiger charge is -2.12. The molecule has 0 aliphatic rings. The Morgan fingerprint density at radius 3 is 2.61 bits per heavy atom. The maximum atomic E-state index is 11.7. The van der Waals surface area contributed by atoms with Crippen LogP contribution in [0.4, 0.5) is 5.95 Å². The van der Waals surface area contributed by atoms with Gasteiger partial charge < -0.3 is 0 Å². The molecule has 5 nitrogen and oxygen atoms in total. The standard InChI is InChI=1S/C13H12Cl4N4OS/c1-2-21-11(18-10(22)13(15,16)17)19-20-12(21)23-7-8-5-3-4-6-9(8)14/h3-6H,2,7H2,1H3,(H,18,19,22). The zero-order valence-electron chi connectivity index (χ0n) is 11.9. The Morgan fingerprint density at radius 1 is 1.30 bits per heavy atom. The number of alkyl halides is 3. The predicted molar refractivity (Wildman–Crippen MR) is 95.6 cm³/mol. The normalized spacial score (nSPS) is 11.5. The summed E-state index contributed by atoms with van der Waals surface area (Å²) < 4.78 is -0.342. The van der Waals surface area contributed by atoms with E-state index in [1.54, 1.807) is 4.57 Å². The maximum absolute atomic E-state index is 11.7. The van der Waals surface area contributed by atoms with Gasteiger partial charge in [0, 0.05) is 17.3 Å². The van der Waals surface area contributed by atoms with Gasteiger partial charge in [-0.05, 0) is 18.6 Å². The molecular weight excluding hydrogens is 402 g/mol. The van der Waals surface area contributed by atoms with Crippen molar-refractivity contribution in [1.29, 1.82) is 0 Å². The number of nitrogens with one attached hydrogen (secondary N) is 1.